The minimum absolute atomic E-state index is 0.0777. The molecule has 2 heterocycles. The number of likely N-dealkylation sites (tertiary alicyclic amines) is 1. The fraction of sp³-hybridized carbons (Fsp3) is 0.250. The molecule has 0 atom stereocenters. The number of aryl methyl sites for hydroxylation is 1. The lowest BCUT2D eigenvalue weighted by atomic mass is 10.0. The predicted octanol–water partition coefficient (Wildman–Crippen LogP) is 6.43. The number of thiophene rings is 1. The zero-order valence-corrected chi connectivity index (χ0v) is 19.7. The van der Waals surface area contributed by atoms with E-state index in [9.17, 15) is 9.90 Å². The average Bonchev–Trinajstić information content (AvgIpc) is 3.14. The summed E-state index contributed by atoms with van der Waals surface area (Å²) in [7, 11) is 0. The fourth-order valence-electron chi connectivity index (χ4n) is 4.29. The first-order valence-electron chi connectivity index (χ1n) is 11.3. The van der Waals surface area contributed by atoms with Crippen molar-refractivity contribution in [3.8, 4) is 17.2 Å². The Balaban J connectivity index is 1.41. The lowest BCUT2D eigenvalue weighted by Gasteiger charge is -2.37. The number of hydrogen-bond acceptors (Lipinski definition) is 5. The van der Waals surface area contributed by atoms with Gasteiger partial charge in [0, 0.05) is 35.3 Å². The van der Waals surface area contributed by atoms with Crippen LogP contribution in [0.5, 0.6) is 17.2 Å². The van der Waals surface area contributed by atoms with Gasteiger partial charge in [0.25, 0.3) is 0 Å². The number of ether oxygens (including phenoxy) is 1. The fourth-order valence-corrected chi connectivity index (χ4v) is 5.41. The van der Waals surface area contributed by atoms with Gasteiger partial charge < -0.3 is 14.7 Å². The van der Waals surface area contributed by atoms with Gasteiger partial charge in [0.2, 0.25) is 5.78 Å². The van der Waals surface area contributed by atoms with Crippen molar-refractivity contribution in [1.82, 2.24) is 4.90 Å². The first kappa shape index (κ1) is 21.7. The van der Waals surface area contributed by atoms with Crippen LogP contribution in [-0.2, 0) is 6.42 Å². The van der Waals surface area contributed by atoms with E-state index in [1.54, 1.807) is 12.1 Å². The number of phenols is 1. The monoisotopic (exact) mass is 457 g/mol. The number of carbonyl (C=O) groups is 1. The zero-order chi connectivity index (χ0) is 22.9. The maximum atomic E-state index is 13.3. The van der Waals surface area contributed by atoms with Gasteiger partial charge in [-0.05, 0) is 55.2 Å². The van der Waals surface area contributed by atoms with E-state index < -0.39 is 0 Å². The maximum absolute atomic E-state index is 13.3. The minimum Gasteiger partial charge on any atom is -0.508 e. The van der Waals surface area contributed by atoms with Gasteiger partial charge in [0.1, 0.15) is 16.4 Å². The van der Waals surface area contributed by atoms with Crippen molar-refractivity contribution in [3.05, 3.63) is 88.3 Å². The van der Waals surface area contributed by atoms with E-state index in [1.165, 1.54) is 30.0 Å². The lowest BCUT2D eigenvalue weighted by molar-refractivity contribution is 0.104. The molecule has 0 amide bonds. The van der Waals surface area contributed by atoms with Crippen LogP contribution < -0.4 is 4.74 Å². The molecule has 1 N–H and O–H groups in total. The van der Waals surface area contributed by atoms with Crippen molar-refractivity contribution in [2.75, 3.05) is 19.6 Å². The Morgan fingerprint density at radius 3 is 2.48 bits per heavy atom. The second kappa shape index (κ2) is 9.00. The van der Waals surface area contributed by atoms with E-state index in [2.05, 4.69) is 24.0 Å². The highest BCUT2D eigenvalue weighted by molar-refractivity contribution is 7.21. The van der Waals surface area contributed by atoms with Gasteiger partial charge in [-0.3, -0.25) is 4.79 Å². The third-order valence-electron chi connectivity index (χ3n) is 6.15. The van der Waals surface area contributed by atoms with Crippen molar-refractivity contribution in [3.63, 3.8) is 0 Å². The first-order valence-corrected chi connectivity index (χ1v) is 12.1. The third kappa shape index (κ3) is 4.65. The van der Waals surface area contributed by atoms with Crippen LogP contribution in [0.1, 0.15) is 33.3 Å². The molecule has 0 bridgehead atoms. The van der Waals surface area contributed by atoms with Crippen molar-refractivity contribution in [1.29, 1.82) is 0 Å². The maximum Gasteiger partial charge on any atom is 0.206 e. The van der Waals surface area contributed by atoms with Crippen LogP contribution in [-0.4, -0.2) is 35.4 Å². The van der Waals surface area contributed by atoms with Crippen LogP contribution in [0.4, 0.5) is 0 Å². The lowest BCUT2D eigenvalue weighted by Crippen LogP contribution is -2.45. The number of fused-ring (bicyclic) bond motifs is 1. The van der Waals surface area contributed by atoms with Gasteiger partial charge in [-0.1, -0.05) is 48.9 Å². The van der Waals surface area contributed by atoms with Gasteiger partial charge in [-0.25, -0.2) is 0 Å². The van der Waals surface area contributed by atoms with E-state index in [-0.39, 0.29) is 11.5 Å². The molecule has 1 aliphatic rings. The summed E-state index contributed by atoms with van der Waals surface area (Å²) in [5, 5.41) is 10.8. The number of rotatable bonds is 7. The summed E-state index contributed by atoms with van der Waals surface area (Å²) in [5.41, 5.74) is 3.00. The van der Waals surface area contributed by atoms with Gasteiger partial charge >= 0.3 is 0 Å². The highest BCUT2D eigenvalue weighted by Gasteiger charge is 2.23. The summed E-state index contributed by atoms with van der Waals surface area (Å²) in [6.45, 7) is 7.76. The molecule has 1 saturated heterocycles. The molecule has 0 radical (unpaired) electrons. The molecular weight excluding hydrogens is 430 g/mol. The van der Waals surface area contributed by atoms with Crippen molar-refractivity contribution in [2.24, 2.45) is 5.92 Å². The van der Waals surface area contributed by atoms with Crippen LogP contribution in [0.15, 0.2) is 66.7 Å². The van der Waals surface area contributed by atoms with Gasteiger partial charge in [-0.15, -0.1) is 11.3 Å². The molecule has 0 aliphatic carbocycles. The normalized spacial score (nSPS) is 14.4. The molecule has 0 saturated carbocycles. The summed E-state index contributed by atoms with van der Waals surface area (Å²) in [5.74, 6) is 2.15. The molecule has 0 spiro atoms. The third-order valence-corrected chi connectivity index (χ3v) is 7.28. The quantitative estimate of drug-likeness (QED) is 0.325. The minimum atomic E-state index is -0.0777. The molecule has 3 aromatic carbocycles. The number of aromatic hydroxyl groups is 1. The largest absolute Gasteiger partial charge is 0.508 e. The molecule has 33 heavy (non-hydrogen) atoms. The molecule has 5 rings (SSSR count). The van der Waals surface area contributed by atoms with Crippen LogP contribution in [0.2, 0.25) is 0 Å². The Labute approximate surface area is 198 Å². The Morgan fingerprint density at radius 2 is 1.79 bits per heavy atom. The first-order chi connectivity index (χ1) is 16.0. The molecule has 4 aromatic rings. The molecule has 4 nitrogen and oxygen atoms in total. The predicted molar refractivity (Wildman–Crippen MR) is 134 cm³/mol. The SMILES string of the molecule is Cc1ccc(C(=O)c2sc3cc(O)ccc3c2Oc2ccc(CCN3CC(C)C3)cc2)cc1. The molecule has 1 aliphatic heterocycles. The number of carbonyl (C=O) groups excluding carboxylic acids is 1. The Hall–Kier alpha value is -3.15. The molecule has 0 unspecified atom stereocenters. The molecule has 1 aromatic heterocycles. The van der Waals surface area contributed by atoms with Gasteiger partial charge in [-0.2, -0.15) is 0 Å². The summed E-state index contributed by atoms with van der Waals surface area (Å²) in [6.07, 6.45) is 1.02. The van der Waals surface area contributed by atoms with Crippen LogP contribution >= 0.6 is 11.3 Å². The highest BCUT2D eigenvalue weighted by atomic mass is 32.1. The molecule has 5 heteroatoms. The molecular formula is C28H27NO3S. The summed E-state index contributed by atoms with van der Waals surface area (Å²) in [6, 6.07) is 20.8. The van der Waals surface area contributed by atoms with Gasteiger partial charge in [0.15, 0.2) is 5.75 Å². The molecule has 1 fully saturated rings. The van der Waals surface area contributed by atoms with Crippen molar-refractivity contribution < 1.29 is 14.6 Å². The van der Waals surface area contributed by atoms with Crippen LogP contribution in [0.3, 0.4) is 0 Å². The Bertz CT molecular complexity index is 1290. The van der Waals surface area contributed by atoms with Crippen molar-refractivity contribution >= 4 is 27.2 Å². The number of phenolic OH excluding ortho intramolecular Hbond substituents is 1. The topological polar surface area (TPSA) is 49.8 Å². The van der Waals surface area contributed by atoms with Crippen LogP contribution in [0.25, 0.3) is 10.1 Å². The average molecular weight is 458 g/mol. The summed E-state index contributed by atoms with van der Waals surface area (Å²) in [4.78, 5) is 16.4. The van der Waals surface area contributed by atoms with Gasteiger partial charge in [0.05, 0.1) is 0 Å². The van der Waals surface area contributed by atoms with E-state index in [0.717, 1.165) is 34.5 Å². The zero-order valence-electron chi connectivity index (χ0n) is 18.9. The second-order valence-corrected chi connectivity index (χ2v) is 10.0. The van der Waals surface area contributed by atoms with E-state index >= 15 is 0 Å². The number of ketones is 1. The molecule has 168 valence electrons. The summed E-state index contributed by atoms with van der Waals surface area (Å²) >= 11 is 1.35. The smallest absolute Gasteiger partial charge is 0.206 e. The number of benzene rings is 3. The highest BCUT2D eigenvalue weighted by Crippen LogP contribution is 2.42. The Kier molecular flexibility index (Phi) is 5.92. The van der Waals surface area contributed by atoms with Crippen LogP contribution in [0, 0.1) is 12.8 Å². The van der Waals surface area contributed by atoms with E-state index in [1.807, 2.05) is 49.4 Å². The Morgan fingerprint density at radius 1 is 1.06 bits per heavy atom. The summed E-state index contributed by atoms with van der Waals surface area (Å²) < 4.78 is 7.11. The van der Waals surface area contributed by atoms with E-state index in [0.29, 0.717) is 21.9 Å². The number of nitrogens with zero attached hydrogens (tertiary/aromatic N) is 1. The second-order valence-electron chi connectivity index (χ2n) is 9.00. The van der Waals surface area contributed by atoms with E-state index in [4.69, 9.17) is 4.74 Å². The standard InChI is InChI=1S/C28H27NO3S/c1-18-3-7-21(8-4-18)26(31)28-27(24-12-9-22(30)15-25(24)33-28)32-23-10-5-20(6-11-23)13-14-29-16-19(2)17-29/h3-12,15,19,30H,13-14,16-17H2,1-2H3. The van der Waals surface area contributed by atoms with Crippen molar-refractivity contribution in [2.45, 2.75) is 20.3 Å². The number of hydrogen-bond donors (Lipinski definition) is 1.